The minimum atomic E-state index is 0.0778. The number of hydrogen-bond donors (Lipinski definition) is 1. The number of hydrogen-bond acceptors (Lipinski definition) is 2. The maximum Gasteiger partial charge on any atom is 0.223 e. The third-order valence-electron chi connectivity index (χ3n) is 4.75. The van der Waals surface area contributed by atoms with Gasteiger partial charge in [0, 0.05) is 32.6 Å². The lowest BCUT2D eigenvalue weighted by Gasteiger charge is -2.31. The van der Waals surface area contributed by atoms with Gasteiger partial charge in [0.2, 0.25) is 5.91 Å². The van der Waals surface area contributed by atoms with E-state index in [4.69, 9.17) is 23.2 Å². The van der Waals surface area contributed by atoms with Gasteiger partial charge in [-0.05, 0) is 83.9 Å². The van der Waals surface area contributed by atoms with Crippen LogP contribution in [-0.4, -0.2) is 23.9 Å². The number of likely N-dealkylation sites (tertiary alicyclic amines) is 1. The van der Waals surface area contributed by atoms with Gasteiger partial charge in [0.05, 0.1) is 0 Å². The summed E-state index contributed by atoms with van der Waals surface area (Å²) in [6, 6.07) is 14.0. The molecule has 1 saturated heterocycles. The summed E-state index contributed by atoms with van der Waals surface area (Å²) in [4.78, 5) is 14.9. The van der Waals surface area contributed by atoms with Crippen molar-refractivity contribution in [2.75, 3.05) is 13.1 Å². The van der Waals surface area contributed by atoms with E-state index in [9.17, 15) is 4.79 Å². The predicted octanol–water partition coefficient (Wildman–Crippen LogP) is 5.13. The van der Waals surface area contributed by atoms with Crippen LogP contribution in [0.2, 0.25) is 10.0 Å². The first-order chi connectivity index (χ1) is 12.5. The second-order valence-electron chi connectivity index (χ2n) is 6.63. The molecule has 2 aromatic rings. The molecule has 1 amide bonds. The van der Waals surface area contributed by atoms with E-state index in [1.165, 1.54) is 9.13 Å². The quantitative estimate of drug-likeness (QED) is 0.575. The molecule has 0 atom stereocenters. The molecule has 0 bridgehead atoms. The minimum absolute atomic E-state index is 0.0778. The SMILES string of the molecule is O=C(NCc1ccc(Cl)cc1Cl)C1CCN(Cc2ccc(I)cc2)CC1. The van der Waals surface area contributed by atoms with Crippen molar-refractivity contribution in [3.63, 3.8) is 0 Å². The Morgan fingerprint density at radius 2 is 1.81 bits per heavy atom. The van der Waals surface area contributed by atoms with Crippen LogP contribution < -0.4 is 5.32 Å². The molecule has 3 nitrogen and oxygen atoms in total. The molecular formula is C20H21Cl2IN2O. The molecule has 26 heavy (non-hydrogen) atoms. The molecule has 1 N–H and O–H groups in total. The summed E-state index contributed by atoms with van der Waals surface area (Å²) in [5.41, 5.74) is 2.21. The molecule has 1 fully saturated rings. The van der Waals surface area contributed by atoms with Crippen LogP contribution in [0, 0.1) is 9.49 Å². The highest BCUT2D eigenvalue weighted by molar-refractivity contribution is 14.1. The zero-order valence-corrected chi connectivity index (χ0v) is 18.0. The highest BCUT2D eigenvalue weighted by atomic mass is 127. The van der Waals surface area contributed by atoms with Gasteiger partial charge >= 0.3 is 0 Å². The Morgan fingerprint density at radius 3 is 2.46 bits per heavy atom. The summed E-state index contributed by atoms with van der Waals surface area (Å²) < 4.78 is 1.25. The summed E-state index contributed by atoms with van der Waals surface area (Å²) in [5.74, 6) is 0.193. The van der Waals surface area contributed by atoms with Crippen molar-refractivity contribution in [2.45, 2.75) is 25.9 Å². The molecule has 0 aliphatic carbocycles. The molecule has 2 aromatic carbocycles. The number of carbonyl (C=O) groups is 1. The van der Waals surface area contributed by atoms with Crippen LogP contribution in [0.15, 0.2) is 42.5 Å². The molecule has 6 heteroatoms. The Labute approximate surface area is 178 Å². The standard InChI is InChI=1S/C20H21Cl2IN2O/c21-17-4-3-16(19(22)11-17)12-24-20(26)15-7-9-25(10-8-15)13-14-1-5-18(23)6-2-14/h1-6,11,15H,7-10,12-13H2,(H,24,26). The normalized spacial score (nSPS) is 15.8. The van der Waals surface area contributed by atoms with E-state index in [-0.39, 0.29) is 11.8 Å². The number of halogens is 3. The Hall–Kier alpha value is -0.820. The number of amides is 1. The van der Waals surface area contributed by atoms with Crippen LogP contribution in [0.3, 0.4) is 0 Å². The highest BCUT2D eigenvalue weighted by Gasteiger charge is 2.24. The number of rotatable bonds is 5. The molecule has 1 aliphatic rings. The van der Waals surface area contributed by atoms with E-state index in [1.807, 2.05) is 6.07 Å². The Bertz CT molecular complexity index is 759. The predicted molar refractivity (Wildman–Crippen MR) is 115 cm³/mol. The van der Waals surface area contributed by atoms with Gasteiger partial charge in [-0.25, -0.2) is 0 Å². The molecule has 138 valence electrons. The lowest BCUT2D eigenvalue weighted by molar-refractivity contribution is -0.126. The van der Waals surface area contributed by atoms with Crippen LogP contribution in [0.4, 0.5) is 0 Å². The minimum Gasteiger partial charge on any atom is -0.352 e. The fourth-order valence-electron chi connectivity index (χ4n) is 3.19. The van der Waals surface area contributed by atoms with Gasteiger partial charge in [0.15, 0.2) is 0 Å². The van der Waals surface area contributed by atoms with E-state index >= 15 is 0 Å². The molecule has 0 saturated carbocycles. The summed E-state index contributed by atoms with van der Waals surface area (Å²) >= 11 is 14.4. The van der Waals surface area contributed by atoms with Crippen molar-refractivity contribution >= 4 is 51.7 Å². The Kier molecular flexibility index (Phi) is 7.20. The Morgan fingerprint density at radius 1 is 1.12 bits per heavy atom. The third kappa shape index (κ3) is 5.59. The number of piperidine rings is 1. The summed E-state index contributed by atoms with van der Waals surface area (Å²) in [6.07, 6.45) is 1.79. The van der Waals surface area contributed by atoms with Crippen LogP contribution >= 0.6 is 45.8 Å². The largest absolute Gasteiger partial charge is 0.352 e. The van der Waals surface area contributed by atoms with Gasteiger partial charge in [0.25, 0.3) is 0 Å². The van der Waals surface area contributed by atoms with Gasteiger partial charge in [-0.1, -0.05) is 41.4 Å². The zero-order chi connectivity index (χ0) is 18.5. The van der Waals surface area contributed by atoms with Gasteiger partial charge in [0.1, 0.15) is 0 Å². The van der Waals surface area contributed by atoms with Crippen molar-refractivity contribution in [1.29, 1.82) is 0 Å². The highest BCUT2D eigenvalue weighted by Crippen LogP contribution is 2.22. The number of nitrogens with one attached hydrogen (secondary N) is 1. The number of carbonyl (C=O) groups excluding carboxylic acids is 1. The van der Waals surface area contributed by atoms with E-state index < -0.39 is 0 Å². The third-order valence-corrected chi connectivity index (χ3v) is 6.05. The fraction of sp³-hybridized carbons (Fsp3) is 0.350. The molecule has 1 aliphatic heterocycles. The van der Waals surface area contributed by atoms with E-state index in [0.29, 0.717) is 16.6 Å². The maximum absolute atomic E-state index is 12.5. The lowest BCUT2D eigenvalue weighted by Crippen LogP contribution is -2.40. The summed E-state index contributed by atoms with van der Waals surface area (Å²) in [5, 5.41) is 4.20. The van der Waals surface area contributed by atoms with Crippen LogP contribution in [-0.2, 0) is 17.9 Å². The van der Waals surface area contributed by atoms with E-state index in [1.54, 1.807) is 12.1 Å². The van der Waals surface area contributed by atoms with Crippen LogP contribution in [0.1, 0.15) is 24.0 Å². The first-order valence-corrected chi connectivity index (χ1v) is 10.5. The van der Waals surface area contributed by atoms with Crippen molar-refractivity contribution in [1.82, 2.24) is 10.2 Å². The number of benzene rings is 2. The topological polar surface area (TPSA) is 32.3 Å². The van der Waals surface area contributed by atoms with E-state index in [2.05, 4.69) is 57.1 Å². The number of nitrogens with zero attached hydrogens (tertiary/aromatic N) is 1. The zero-order valence-electron chi connectivity index (χ0n) is 14.4. The average molecular weight is 503 g/mol. The van der Waals surface area contributed by atoms with Gasteiger partial charge < -0.3 is 5.32 Å². The molecular weight excluding hydrogens is 482 g/mol. The van der Waals surface area contributed by atoms with Crippen LogP contribution in [0.25, 0.3) is 0 Å². The average Bonchev–Trinajstić information content (AvgIpc) is 2.63. The Balaban J connectivity index is 1.45. The summed E-state index contributed by atoms with van der Waals surface area (Å²) in [7, 11) is 0. The first kappa shape index (κ1) is 19.9. The second-order valence-corrected chi connectivity index (χ2v) is 8.72. The molecule has 0 radical (unpaired) electrons. The second kappa shape index (κ2) is 9.40. The summed E-state index contributed by atoms with van der Waals surface area (Å²) in [6.45, 7) is 3.29. The van der Waals surface area contributed by atoms with Crippen molar-refractivity contribution in [3.8, 4) is 0 Å². The van der Waals surface area contributed by atoms with E-state index in [0.717, 1.165) is 38.0 Å². The van der Waals surface area contributed by atoms with Crippen LogP contribution in [0.5, 0.6) is 0 Å². The molecule has 0 spiro atoms. The van der Waals surface area contributed by atoms with Crippen molar-refractivity contribution in [3.05, 3.63) is 67.2 Å². The van der Waals surface area contributed by atoms with Gasteiger partial charge in [-0.15, -0.1) is 0 Å². The fourth-order valence-corrected chi connectivity index (χ4v) is 4.03. The van der Waals surface area contributed by atoms with Crippen molar-refractivity contribution in [2.24, 2.45) is 5.92 Å². The molecule has 1 heterocycles. The van der Waals surface area contributed by atoms with Gasteiger partial charge in [-0.2, -0.15) is 0 Å². The molecule has 0 aromatic heterocycles. The first-order valence-electron chi connectivity index (χ1n) is 8.69. The monoisotopic (exact) mass is 502 g/mol. The molecule has 3 rings (SSSR count). The molecule has 0 unspecified atom stereocenters. The van der Waals surface area contributed by atoms with Crippen molar-refractivity contribution < 1.29 is 4.79 Å². The maximum atomic E-state index is 12.5. The lowest BCUT2D eigenvalue weighted by atomic mass is 9.95. The van der Waals surface area contributed by atoms with Gasteiger partial charge in [-0.3, -0.25) is 9.69 Å². The smallest absolute Gasteiger partial charge is 0.223 e.